The Bertz CT molecular complexity index is 584. The van der Waals surface area contributed by atoms with Crippen LogP contribution < -0.4 is 5.73 Å². The van der Waals surface area contributed by atoms with E-state index in [1.54, 1.807) is 0 Å². The van der Waals surface area contributed by atoms with Crippen molar-refractivity contribution in [2.45, 2.75) is 40.2 Å². The van der Waals surface area contributed by atoms with Crippen molar-refractivity contribution in [3.63, 3.8) is 0 Å². The number of benzene rings is 2. The molecular formula is C18H23N. The number of hydrogen-bond acceptors (Lipinski definition) is 1. The van der Waals surface area contributed by atoms with E-state index < -0.39 is 0 Å². The number of rotatable bonds is 3. The molecule has 1 unspecified atom stereocenters. The topological polar surface area (TPSA) is 26.0 Å². The first kappa shape index (κ1) is 13.8. The minimum absolute atomic E-state index is 0.0713. The first-order valence-corrected chi connectivity index (χ1v) is 6.86. The van der Waals surface area contributed by atoms with Crippen LogP contribution in [0.25, 0.3) is 0 Å². The Morgan fingerprint density at radius 3 is 2.21 bits per heavy atom. The molecule has 0 heterocycles. The molecule has 0 aliphatic heterocycles. The van der Waals surface area contributed by atoms with Crippen LogP contribution in [0.4, 0.5) is 0 Å². The fraction of sp³-hybridized carbons (Fsp3) is 0.333. The standard InChI is InChI=1S/C18H23N/c1-12-5-6-14(3)17(9-12)18(19)11-16-8-7-13(2)15(4)10-16/h5-10,18H,11,19H2,1-4H3. The molecule has 0 amide bonds. The number of aryl methyl sites for hydroxylation is 4. The van der Waals surface area contributed by atoms with Crippen LogP contribution in [-0.2, 0) is 6.42 Å². The molecule has 0 saturated carbocycles. The Labute approximate surface area is 116 Å². The Hall–Kier alpha value is -1.60. The van der Waals surface area contributed by atoms with E-state index in [1.165, 1.54) is 33.4 Å². The van der Waals surface area contributed by atoms with Crippen molar-refractivity contribution in [3.8, 4) is 0 Å². The summed E-state index contributed by atoms with van der Waals surface area (Å²) in [5.74, 6) is 0. The molecular weight excluding hydrogens is 230 g/mol. The fourth-order valence-corrected chi connectivity index (χ4v) is 2.45. The molecule has 1 heteroatoms. The predicted molar refractivity (Wildman–Crippen MR) is 82.5 cm³/mol. The molecule has 100 valence electrons. The van der Waals surface area contributed by atoms with Gasteiger partial charge >= 0.3 is 0 Å². The third-order valence-electron chi connectivity index (χ3n) is 3.86. The quantitative estimate of drug-likeness (QED) is 0.873. The maximum absolute atomic E-state index is 6.38. The van der Waals surface area contributed by atoms with Crippen LogP contribution in [0.15, 0.2) is 36.4 Å². The van der Waals surface area contributed by atoms with Gasteiger partial charge in [-0.05, 0) is 61.9 Å². The molecule has 2 rings (SSSR count). The van der Waals surface area contributed by atoms with Gasteiger partial charge in [0.15, 0.2) is 0 Å². The second-order valence-corrected chi connectivity index (χ2v) is 5.59. The minimum Gasteiger partial charge on any atom is -0.324 e. The summed E-state index contributed by atoms with van der Waals surface area (Å²) in [4.78, 5) is 0. The van der Waals surface area contributed by atoms with E-state index in [-0.39, 0.29) is 6.04 Å². The van der Waals surface area contributed by atoms with E-state index in [0.29, 0.717) is 0 Å². The molecule has 0 aromatic heterocycles. The SMILES string of the molecule is Cc1ccc(C)c(C(N)Cc2ccc(C)c(C)c2)c1. The lowest BCUT2D eigenvalue weighted by molar-refractivity contribution is 0.715. The summed E-state index contributed by atoms with van der Waals surface area (Å²) < 4.78 is 0. The average molecular weight is 253 g/mol. The van der Waals surface area contributed by atoms with E-state index >= 15 is 0 Å². The van der Waals surface area contributed by atoms with Gasteiger partial charge in [0.25, 0.3) is 0 Å². The summed E-state index contributed by atoms with van der Waals surface area (Å²) >= 11 is 0. The molecule has 2 aromatic carbocycles. The molecule has 0 saturated heterocycles. The van der Waals surface area contributed by atoms with Crippen LogP contribution in [0, 0.1) is 27.7 Å². The maximum atomic E-state index is 6.38. The van der Waals surface area contributed by atoms with E-state index in [2.05, 4.69) is 64.1 Å². The molecule has 0 aliphatic rings. The summed E-state index contributed by atoms with van der Waals surface area (Å²) in [6, 6.07) is 13.2. The second-order valence-electron chi connectivity index (χ2n) is 5.59. The lowest BCUT2D eigenvalue weighted by Crippen LogP contribution is -2.15. The highest BCUT2D eigenvalue weighted by Crippen LogP contribution is 2.22. The molecule has 2 aromatic rings. The largest absolute Gasteiger partial charge is 0.324 e. The van der Waals surface area contributed by atoms with Gasteiger partial charge in [0.05, 0.1) is 0 Å². The van der Waals surface area contributed by atoms with E-state index in [1.807, 2.05) is 0 Å². The zero-order valence-electron chi connectivity index (χ0n) is 12.3. The van der Waals surface area contributed by atoms with Crippen LogP contribution in [0.5, 0.6) is 0 Å². The van der Waals surface area contributed by atoms with Gasteiger partial charge in [-0.1, -0.05) is 42.0 Å². The highest BCUT2D eigenvalue weighted by Gasteiger charge is 2.10. The van der Waals surface area contributed by atoms with Crippen LogP contribution in [-0.4, -0.2) is 0 Å². The lowest BCUT2D eigenvalue weighted by Gasteiger charge is -2.16. The predicted octanol–water partition coefficient (Wildman–Crippen LogP) is 4.16. The first-order chi connectivity index (χ1) is 8.97. The summed E-state index contributed by atoms with van der Waals surface area (Å²) in [6.45, 7) is 8.55. The maximum Gasteiger partial charge on any atom is 0.0338 e. The van der Waals surface area contributed by atoms with Crippen molar-refractivity contribution in [3.05, 3.63) is 69.8 Å². The number of hydrogen-bond donors (Lipinski definition) is 1. The second kappa shape index (κ2) is 5.58. The van der Waals surface area contributed by atoms with Crippen LogP contribution in [0.1, 0.15) is 39.4 Å². The summed E-state index contributed by atoms with van der Waals surface area (Å²) in [5, 5.41) is 0. The van der Waals surface area contributed by atoms with E-state index in [9.17, 15) is 0 Å². The molecule has 1 nitrogen and oxygen atoms in total. The van der Waals surface area contributed by atoms with Gasteiger partial charge in [0.2, 0.25) is 0 Å². The normalized spacial score (nSPS) is 12.5. The Morgan fingerprint density at radius 2 is 1.53 bits per heavy atom. The number of nitrogens with two attached hydrogens (primary N) is 1. The van der Waals surface area contributed by atoms with Crippen molar-refractivity contribution < 1.29 is 0 Å². The molecule has 19 heavy (non-hydrogen) atoms. The average Bonchev–Trinajstić information content (AvgIpc) is 2.36. The highest BCUT2D eigenvalue weighted by molar-refractivity contribution is 5.35. The lowest BCUT2D eigenvalue weighted by atomic mass is 9.93. The van der Waals surface area contributed by atoms with E-state index in [0.717, 1.165) is 6.42 Å². The third-order valence-corrected chi connectivity index (χ3v) is 3.86. The van der Waals surface area contributed by atoms with Gasteiger partial charge in [-0.2, -0.15) is 0 Å². The van der Waals surface area contributed by atoms with Crippen LogP contribution in [0.3, 0.4) is 0 Å². The summed E-state index contributed by atoms with van der Waals surface area (Å²) in [6.07, 6.45) is 0.894. The van der Waals surface area contributed by atoms with Gasteiger partial charge < -0.3 is 5.73 Å². The van der Waals surface area contributed by atoms with Crippen molar-refractivity contribution >= 4 is 0 Å². The fourth-order valence-electron chi connectivity index (χ4n) is 2.45. The van der Waals surface area contributed by atoms with Crippen molar-refractivity contribution in [1.29, 1.82) is 0 Å². The smallest absolute Gasteiger partial charge is 0.0338 e. The molecule has 0 bridgehead atoms. The van der Waals surface area contributed by atoms with Crippen molar-refractivity contribution in [2.75, 3.05) is 0 Å². The molecule has 1 atom stereocenters. The Morgan fingerprint density at radius 1 is 0.842 bits per heavy atom. The van der Waals surface area contributed by atoms with E-state index in [4.69, 9.17) is 5.73 Å². The molecule has 2 N–H and O–H groups in total. The van der Waals surface area contributed by atoms with Crippen LogP contribution in [0.2, 0.25) is 0 Å². The monoisotopic (exact) mass is 253 g/mol. The van der Waals surface area contributed by atoms with Gasteiger partial charge in [0, 0.05) is 6.04 Å². The molecule has 0 spiro atoms. The molecule has 0 fully saturated rings. The van der Waals surface area contributed by atoms with Gasteiger partial charge in [-0.3, -0.25) is 0 Å². The summed E-state index contributed by atoms with van der Waals surface area (Å²) in [5.41, 5.74) is 14.2. The van der Waals surface area contributed by atoms with Crippen molar-refractivity contribution in [1.82, 2.24) is 0 Å². The Balaban J connectivity index is 2.22. The zero-order chi connectivity index (χ0) is 14.0. The summed E-state index contributed by atoms with van der Waals surface area (Å²) in [7, 11) is 0. The van der Waals surface area contributed by atoms with Crippen LogP contribution >= 0.6 is 0 Å². The Kier molecular flexibility index (Phi) is 4.06. The minimum atomic E-state index is 0.0713. The van der Waals surface area contributed by atoms with Gasteiger partial charge in [-0.15, -0.1) is 0 Å². The molecule has 0 radical (unpaired) electrons. The highest BCUT2D eigenvalue weighted by atomic mass is 14.6. The first-order valence-electron chi connectivity index (χ1n) is 6.86. The van der Waals surface area contributed by atoms with Gasteiger partial charge in [0.1, 0.15) is 0 Å². The van der Waals surface area contributed by atoms with Crippen molar-refractivity contribution in [2.24, 2.45) is 5.73 Å². The third kappa shape index (κ3) is 3.24. The molecule has 0 aliphatic carbocycles. The van der Waals surface area contributed by atoms with Gasteiger partial charge in [-0.25, -0.2) is 0 Å². The zero-order valence-corrected chi connectivity index (χ0v) is 12.3.